The van der Waals surface area contributed by atoms with Gasteiger partial charge in [-0.1, -0.05) is 0 Å². The lowest BCUT2D eigenvalue weighted by atomic mass is 10.1. The first-order chi connectivity index (χ1) is 17.5. The Kier molecular flexibility index (Phi) is 9.96. The van der Waals surface area contributed by atoms with Crippen molar-refractivity contribution in [1.29, 1.82) is 0 Å². The fraction of sp³-hybridized carbons (Fsp3) is 0.385. The Morgan fingerprint density at radius 3 is 1.61 bits per heavy atom. The maximum Gasteiger partial charge on any atom is 0.137 e. The summed E-state index contributed by atoms with van der Waals surface area (Å²) in [6.45, 7) is 6.22. The monoisotopic (exact) mass is 494 g/mol. The van der Waals surface area contributed by atoms with Gasteiger partial charge in [-0.3, -0.25) is 0 Å². The smallest absolute Gasteiger partial charge is 0.137 e. The molecule has 0 saturated heterocycles. The SMILES string of the molecule is CNc1ncnc2cc(C)c(OCCOC)cc12.CNc1ncnc2cc(OCCOC)c(C)cc12. The molecule has 2 aromatic heterocycles. The van der Waals surface area contributed by atoms with Gasteiger partial charge in [0.25, 0.3) is 0 Å². The summed E-state index contributed by atoms with van der Waals surface area (Å²) in [7, 11) is 7.00. The van der Waals surface area contributed by atoms with Crippen molar-refractivity contribution in [1.82, 2.24) is 19.9 Å². The number of hydrogen-bond donors (Lipinski definition) is 2. The lowest BCUT2D eigenvalue weighted by Crippen LogP contribution is -2.05. The summed E-state index contributed by atoms with van der Waals surface area (Å²) in [5, 5.41) is 8.06. The standard InChI is InChI=1S/2C13H17N3O2/c1-9-6-11-10(13(14-2)16-8-15-11)7-12(9)18-5-4-17-3;1-9-6-10-11(15-8-16-13(10)14-2)7-12(9)18-5-4-17-3/h2*6-8H,4-5H2,1-3H3,(H,14,15,16). The van der Waals surface area contributed by atoms with Gasteiger partial charge in [-0.15, -0.1) is 0 Å². The quantitative estimate of drug-likeness (QED) is 0.314. The molecule has 0 aliphatic heterocycles. The highest BCUT2D eigenvalue weighted by atomic mass is 16.5. The number of methoxy groups -OCH3 is 2. The number of aromatic nitrogens is 4. The van der Waals surface area contributed by atoms with Crippen LogP contribution in [0.1, 0.15) is 11.1 Å². The molecular formula is C26H34N6O4. The van der Waals surface area contributed by atoms with Crippen LogP contribution in [-0.2, 0) is 9.47 Å². The number of hydrogen-bond acceptors (Lipinski definition) is 10. The zero-order chi connectivity index (χ0) is 25.9. The molecule has 0 aliphatic carbocycles. The van der Waals surface area contributed by atoms with Crippen LogP contribution in [0.3, 0.4) is 0 Å². The molecule has 2 heterocycles. The third kappa shape index (κ3) is 6.67. The highest BCUT2D eigenvalue weighted by molar-refractivity contribution is 5.91. The number of nitrogens with one attached hydrogen (secondary N) is 2. The van der Waals surface area contributed by atoms with Gasteiger partial charge in [0.2, 0.25) is 0 Å². The minimum Gasteiger partial charge on any atom is -0.491 e. The van der Waals surface area contributed by atoms with E-state index in [1.165, 1.54) is 0 Å². The molecule has 0 amide bonds. The molecule has 10 heteroatoms. The van der Waals surface area contributed by atoms with Crippen molar-refractivity contribution in [2.75, 3.05) is 65.4 Å². The summed E-state index contributed by atoms with van der Waals surface area (Å²) < 4.78 is 21.3. The number of aryl methyl sites for hydroxylation is 2. The van der Waals surface area contributed by atoms with Crippen molar-refractivity contribution in [3.05, 3.63) is 48.0 Å². The van der Waals surface area contributed by atoms with Crippen molar-refractivity contribution in [3.8, 4) is 11.5 Å². The average molecular weight is 495 g/mol. The molecule has 0 fully saturated rings. The molecule has 4 aromatic rings. The van der Waals surface area contributed by atoms with Crippen molar-refractivity contribution in [2.24, 2.45) is 0 Å². The van der Waals surface area contributed by atoms with Crippen LogP contribution in [0.15, 0.2) is 36.9 Å². The molecule has 10 nitrogen and oxygen atoms in total. The average Bonchev–Trinajstić information content (AvgIpc) is 2.89. The molecule has 2 N–H and O–H groups in total. The Morgan fingerprint density at radius 1 is 0.611 bits per heavy atom. The van der Waals surface area contributed by atoms with Gasteiger partial charge in [0.15, 0.2) is 0 Å². The van der Waals surface area contributed by atoms with E-state index in [-0.39, 0.29) is 0 Å². The normalized spacial score (nSPS) is 10.6. The van der Waals surface area contributed by atoms with Crippen LogP contribution in [0.2, 0.25) is 0 Å². The van der Waals surface area contributed by atoms with Crippen molar-refractivity contribution in [3.63, 3.8) is 0 Å². The zero-order valence-corrected chi connectivity index (χ0v) is 21.7. The van der Waals surface area contributed by atoms with E-state index in [1.807, 2.05) is 52.2 Å². The van der Waals surface area contributed by atoms with Crippen LogP contribution in [0.4, 0.5) is 11.6 Å². The van der Waals surface area contributed by atoms with Crippen LogP contribution in [0, 0.1) is 13.8 Å². The van der Waals surface area contributed by atoms with E-state index >= 15 is 0 Å². The van der Waals surface area contributed by atoms with Crippen molar-refractivity contribution < 1.29 is 18.9 Å². The fourth-order valence-electron chi connectivity index (χ4n) is 3.56. The van der Waals surface area contributed by atoms with Crippen LogP contribution >= 0.6 is 0 Å². The molecule has 2 aromatic carbocycles. The first-order valence-corrected chi connectivity index (χ1v) is 11.6. The highest BCUT2D eigenvalue weighted by Crippen LogP contribution is 2.28. The summed E-state index contributed by atoms with van der Waals surface area (Å²) in [4.78, 5) is 16.9. The topological polar surface area (TPSA) is 113 Å². The number of benzene rings is 2. The van der Waals surface area contributed by atoms with Gasteiger partial charge in [0.05, 0.1) is 24.2 Å². The molecule has 0 unspecified atom stereocenters. The number of anilines is 2. The molecule has 36 heavy (non-hydrogen) atoms. The maximum atomic E-state index is 5.68. The van der Waals surface area contributed by atoms with Gasteiger partial charge < -0.3 is 29.6 Å². The van der Waals surface area contributed by atoms with Crippen LogP contribution in [0.25, 0.3) is 21.8 Å². The van der Waals surface area contributed by atoms with Gasteiger partial charge in [-0.05, 0) is 43.2 Å². The Morgan fingerprint density at radius 2 is 1.08 bits per heavy atom. The summed E-state index contributed by atoms with van der Waals surface area (Å²) in [6.07, 6.45) is 3.10. The maximum absolute atomic E-state index is 5.68. The van der Waals surface area contributed by atoms with Crippen LogP contribution < -0.4 is 20.1 Å². The summed E-state index contributed by atoms with van der Waals surface area (Å²) in [6, 6.07) is 7.93. The van der Waals surface area contributed by atoms with Gasteiger partial charge in [0, 0.05) is 45.2 Å². The van der Waals surface area contributed by atoms with Gasteiger partial charge >= 0.3 is 0 Å². The number of nitrogens with zero attached hydrogens (tertiary/aromatic N) is 4. The number of ether oxygens (including phenoxy) is 4. The lowest BCUT2D eigenvalue weighted by Gasteiger charge is -2.11. The molecule has 0 bridgehead atoms. The van der Waals surface area contributed by atoms with E-state index in [9.17, 15) is 0 Å². The van der Waals surface area contributed by atoms with E-state index in [4.69, 9.17) is 18.9 Å². The summed E-state index contributed by atoms with van der Waals surface area (Å²) in [5.74, 6) is 3.30. The van der Waals surface area contributed by atoms with Gasteiger partial charge in [-0.25, -0.2) is 19.9 Å². The molecule has 4 rings (SSSR count). The van der Waals surface area contributed by atoms with E-state index in [1.54, 1.807) is 26.9 Å². The second-order valence-corrected chi connectivity index (χ2v) is 7.90. The van der Waals surface area contributed by atoms with Crippen molar-refractivity contribution in [2.45, 2.75) is 13.8 Å². The molecule has 0 atom stereocenters. The molecule has 0 spiro atoms. The Hall–Kier alpha value is -3.76. The van der Waals surface area contributed by atoms with E-state index in [0.29, 0.717) is 26.4 Å². The molecular weight excluding hydrogens is 460 g/mol. The van der Waals surface area contributed by atoms with Gasteiger partial charge in [-0.2, -0.15) is 0 Å². The lowest BCUT2D eigenvalue weighted by molar-refractivity contribution is 0.146. The predicted molar refractivity (Wildman–Crippen MR) is 142 cm³/mol. The minimum atomic E-state index is 0.533. The van der Waals surface area contributed by atoms with Gasteiger partial charge in [0.1, 0.15) is 49.0 Å². The Labute approximate surface area is 211 Å². The van der Waals surface area contributed by atoms with E-state index < -0.39 is 0 Å². The van der Waals surface area contributed by atoms with Crippen LogP contribution in [-0.4, -0.2) is 74.7 Å². The zero-order valence-electron chi connectivity index (χ0n) is 21.7. The summed E-state index contributed by atoms with van der Waals surface area (Å²) >= 11 is 0. The number of rotatable bonds is 10. The molecule has 0 radical (unpaired) electrons. The second kappa shape index (κ2) is 13.4. The fourth-order valence-corrected chi connectivity index (χ4v) is 3.56. The second-order valence-electron chi connectivity index (χ2n) is 7.90. The minimum absolute atomic E-state index is 0.533. The van der Waals surface area contributed by atoms with E-state index in [2.05, 4.69) is 30.6 Å². The first-order valence-electron chi connectivity index (χ1n) is 11.6. The molecule has 0 aliphatic rings. The third-order valence-corrected chi connectivity index (χ3v) is 5.43. The first kappa shape index (κ1) is 26.8. The van der Waals surface area contributed by atoms with Crippen molar-refractivity contribution >= 4 is 33.4 Å². The Balaban J connectivity index is 0.000000201. The molecule has 192 valence electrons. The number of fused-ring (bicyclic) bond motifs is 2. The van der Waals surface area contributed by atoms with E-state index in [0.717, 1.165) is 56.1 Å². The highest BCUT2D eigenvalue weighted by Gasteiger charge is 2.08. The predicted octanol–water partition coefficient (Wildman–Crippen LogP) is 4.01. The summed E-state index contributed by atoms with van der Waals surface area (Å²) in [5.41, 5.74) is 3.89. The largest absolute Gasteiger partial charge is 0.491 e. The third-order valence-electron chi connectivity index (χ3n) is 5.43. The van der Waals surface area contributed by atoms with Crippen LogP contribution in [0.5, 0.6) is 11.5 Å². The Bertz CT molecular complexity index is 1280. The molecule has 0 saturated carbocycles.